The topological polar surface area (TPSA) is 34.8 Å². The molecular weight excluding hydrogens is 1770 g/mol. The van der Waals surface area contributed by atoms with Gasteiger partial charge >= 0.3 is 0 Å². The monoisotopic (exact) mass is 1880 g/mol. The van der Waals surface area contributed by atoms with E-state index in [1.165, 1.54) is 138 Å². The lowest BCUT2D eigenvalue weighted by Gasteiger charge is -2.34. The van der Waals surface area contributed by atoms with E-state index in [0.29, 0.717) is 13.2 Å². The summed E-state index contributed by atoms with van der Waals surface area (Å²) in [5, 5.41) is 4.89. The first kappa shape index (κ1) is 91.9. The molecule has 0 saturated carbocycles. The largest absolute Gasteiger partial charge is 0.494 e. The quantitative estimate of drug-likeness (QED) is 0.0394. The molecule has 24 rings (SSSR count). The van der Waals surface area contributed by atoms with Gasteiger partial charge in [0.05, 0.1) is 35.3 Å². The van der Waals surface area contributed by atoms with Gasteiger partial charge in [-0.05, 0) is 324 Å². The van der Waals surface area contributed by atoms with Gasteiger partial charge in [-0.2, -0.15) is 0 Å². The molecule has 2 atom stereocenters. The van der Waals surface area contributed by atoms with Gasteiger partial charge in [-0.15, -0.1) is 0 Å². The van der Waals surface area contributed by atoms with Gasteiger partial charge in [-0.25, -0.2) is 0 Å². The Morgan fingerprint density at radius 1 is 0.212 bits per heavy atom. The molecule has 0 spiro atoms. The second kappa shape index (κ2) is 41.0. The molecule has 0 N–H and O–H groups in total. The zero-order valence-electron chi connectivity index (χ0n) is 82.0. The summed E-state index contributed by atoms with van der Waals surface area (Å²) in [6.07, 6.45) is 15.7. The van der Waals surface area contributed by atoms with E-state index in [0.717, 1.165) is 136 Å². The third-order valence-electron chi connectivity index (χ3n) is 30.0. The molecule has 22 aromatic rings. The second-order valence-electron chi connectivity index (χ2n) is 38.3. The molecule has 0 bridgehead atoms. The summed E-state index contributed by atoms with van der Waals surface area (Å²) in [6, 6.07) is 177. The number of hydrogen-bond donors (Lipinski definition) is 0. The highest BCUT2D eigenvalue weighted by Gasteiger charge is 2.46. The van der Waals surface area contributed by atoms with Crippen molar-refractivity contribution >= 4 is 102 Å². The van der Waals surface area contributed by atoms with Crippen LogP contribution < -0.4 is 19.3 Å². The zero-order chi connectivity index (χ0) is 98.3. The van der Waals surface area contributed by atoms with Crippen LogP contribution in [-0.2, 0) is 10.8 Å². The van der Waals surface area contributed by atoms with Gasteiger partial charge in [0.1, 0.15) is 11.5 Å². The van der Waals surface area contributed by atoms with Crippen LogP contribution in [-0.4, -0.2) is 22.3 Å². The van der Waals surface area contributed by atoms with Crippen molar-refractivity contribution < 1.29 is 9.47 Å². The summed E-state index contributed by atoms with van der Waals surface area (Å²) < 4.78 is 17.2. The van der Waals surface area contributed by atoms with Crippen molar-refractivity contribution in [1.82, 2.24) is 9.13 Å². The Morgan fingerprint density at radius 3 is 0.815 bits per heavy atom. The van der Waals surface area contributed by atoms with E-state index in [9.17, 15) is 0 Å². The summed E-state index contributed by atoms with van der Waals surface area (Å²) in [7, 11) is 0. The van der Waals surface area contributed by atoms with Crippen LogP contribution in [0.4, 0.5) is 34.1 Å². The minimum absolute atomic E-state index is 0.308. The van der Waals surface area contributed by atoms with Gasteiger partial charge in [0, 0.05) is 77.9 Å². The molecule has 2 unspecified atom stereocenters. The van der Waals surface area contributed by atoms with Crippen LogP contribution in [0.2, 0.25) is 0 Å². The molecule has 2 heterocycles. The van der Waals surface area contributed by atoms with Crippen LogP contribution in [0.25, 0.3) is 146 Å². The number of benzene rings is 20. The predicted molar refractivity (Wildman–Crippen MR) is 617 cm³/mol. The molecule has 0 radical (unpaired) electrons. The molecule has 146 heavy (non-hydrogen) atoms. The van der Waals surface area contributed by atoms with E-state index < -0.39 is 0 Å². The molecule has 6 nitrogen and oxygen atoms in total. The van der Waals surface area contributed by atoms with E-state index in [1.807, 2.05) is 48.6 Å². The smallest absolute Gasteiger partial charge is 0.119 e. The van der Waals surface area contributed by atoms with E-state index in [2.05, 4.69) is 506 Å². The minimum atomic E-state index is -0.347. The third kappa shape index (κ3) is 17.7. The number of rotatable bonds is 32. The molecular formula is C140H112N4O2. The summed E-state index contributed by atoms with van der Waals surface area (Å²) in [5.74, 6) is 1.81. The standard InChI is InChI=1S/C71H58N2O.C69H54N2O/c1-3-51-28-32-53(33-29-51)55-36-44-69-65(48-55)66-49-56(37-45-70(66)73(69)59-24-14-9-15-25-59)54-34-38-60(39-35-54)72(58-22-12-8-13-23-58)61-40-43-64-63-26-16-17-27-67(63)71(68(64)50-61,57-20-10-7-11-21-57)46-18-5-6-19-47-74-62-41-30-52(4-2)31-42-62;1-3-49-26-30-51(31-27-49)53-34-42-67-63(46-53)64-47-54(35-43-68(64)71(67)57-22-12-7-13-23-57)52-32-36-58(37-33-52)70(56-20-10-6-11-21-56)59-38-41-62-61-24-14-15-25-65(61)69(66(62)48-59,55-18-8-5-9-19-55)44-16-17-45-72-60-39-28-50(4-2)29-40-60/h3-4,7-17,20-45,48-50H,1-2,5-6,18-19,46-47H2;3-15,18-43,46-48H,1-2,16-17,44-45H2. The SMILES string of the molecule is C=Cc1ccc(OCCCCC2(c3ccccc3)c3ccccc3-c3ccc(N(c4ccccc4)c4ccc(-c5ccc6c(c5)c5cc(-c7ccc(C=C)cc7)ccc5n6-c5ccccc5)cc4)cc32)cc1.C=Cc1ccc(OCCCCCCC2(c3ccccc3)c3ccccc3-c3ccc(N(c4ccccc4)c4ccc(-c5ccc6c(c5)c5cc(-c7ccc(C=C)cc7)ccc5n6-c5ccccc5)cc4)cc32)cc1. The maximum atomic E-state index is 6.27. The highest BCUT2D eigenvalue weighted by atomic mass is 16.5. The first-order chi connectivity index (χ1) is 72.2. The van der Waals surface area contributed by atoms with Gasteiger partial charge in [0.15, 0.2) is 0 Å². The van der Waals surface area contributed by atoms with Crippen LogP contribution in [0.15, 0.2) is 512 Å². The molecule has 2 aromatic heterocycles. The molecule has 0 aliphatic heterocycles. The van der Waals surface area contributed by atoms with Crippen LogP contribution in [0.5, 0.6) is 11.5 Å². The predicted octanol–water partition coefficient (Wildman–Crippen LogP) is 37.7. The third-order valence-corrected chi connectivity index (χ3v) is 30.0. The highest BCUT2D eigenvalue weighted by molar-refractivity contribution is 6.13. The molecule has 20 aromatic carbocycles. The summed E-state index contributed by atoms with van der Waals surface area (Å²) >= 11 is 0. The van der Waals surface area contributed by atoms with Crippen molar-refractivity contribution in [2.24, 2.45) is 0 Å². The number of unbranched alkanes of at least 4 members (excludes halogenated alkanes) is 4. The van der Waals surface area contributed by atoms with Crippen LogP contribution in [0.1, 0.15) is 107 Å². The van der Waals surface area contributed by atoms with Gasteiger partial charge in [-0.3, -0.25) is 0 Å². The number of aromatic nitrogens is 2. The normalized spacial score (nSPS) is 13.6. The van der Waals surface area contributed by atoms with Gasteiger partial charge in [0.25, 0.3) is 0 Å². The van der Waals surface area contributed by atoms with E-state index in [-0.39, 0.29) is 10.8 Å². The Balaban J connectivity index is 0.000000161. The number of hydrogen-bond acceptors (Lipinski definition) is 4. The number of anilines is 6. The Hall–Kier alpha value is -17.8. The Labute approximate surface area is 856 Å². The average molecular weight is 1880 g/mol. The first-order valence-electron chi connectivity index (χ1n) is 51.1. The van der Waals surface area contributed by atoms with Crippen molar-refractivity contribution in [2.75, 3.05) is 23.0 Å². The summed E-state index contributed by atoms with van der Waals surface area (Å²) in [6.45, 7) is 17.1. The van der Waals surface area contributed by atoms with Crippen molar-refractivity contribution in [3.63, 3.8) is 0 Å². The lowest BCUT2D eigenvalue weighted by atomic mass is 9.69. The first-order valence-corrected chi connectivity index (χ1v) is 51.1. The van der Waals surface area contributed by atoms with Crippen LogP contribution in [0, 0.1) is 0 Å². The van der Waals surface area contributed by atoms with Crippen molar-refractivity contribution in [3.8, 4) is 89.6 Å². The molecule has 2 aliphatic rings. The fourth-order valence-corrected chi connectivity index (χ4v) is 22.8. The average Bonchev–Trinajstić information content (AvgIpc) is 1.55. The minimum Gasteiger partial charge on any atom is -0.494 e. The van der Waals surface area contributed by atoms with Crippen LogP contribution >= 0.6 is 0 Å². The molecule has 0 amide bonds. The zero-order valence-corrected chi connectivity index (χ0v) is 82.0. The highest BCUT2D eigenvalue weighted by Crippen LogP contribution is 2.59. The Kier molecular flexibility index (Phi) is 25.8. The van der Waals surface area contributed by atoms with Gasteiger partial charge in [0.2, 0.25) is 0 Å². The van der Waals surface area contributed by atoms with E-state index >= 15 is 0 Å². The second-order valence-corrected chi connectivity index (χ2v) is 38.3. The van der Waals surface area contributed by atoms with Crippen molar-refractivity contribution in [2.45, 2.75) is 62.2 Å². The summed E-state index contributed by atoms with van der Waals surface area (Å²) in [4.78, 5) is 4.83. The Morgan fingerprint density at radius 2 is 0.473 bits per heavy atom. The van der Waals surface area contributed by atoms with Gasteiger partial charge in [-0.1, -0.05) is 385 Å². The maximum Gasteiger partial charge on any atom is 0.119 e. The molecule has 704 valence electrons. The van der Waals surface area contributed by atoms with Gasteiger partial charge < -0.3 is 28.4 Å². The number of para-hydroxylation sites is 4. The molecule has 6 heteroatoms. The van der Waals surface area contributed by atoms with Crippen molar-refractivity contribution in [3.05, 3.63) is 567 Å². The molecule has 2 aliphatic carbocycles. The van der Waals surface area contributed by atoms with E-state index in [1.54, 1.807) is 0 Å². The molecule has 0 saturated heterocycles. The molecule has 0 fully saturated rings. The fourth-order valence-electron chi connectivity index (χ4n) is 22.8. The summed E-state index contributed by atoms with van der Waals surface area (Å²) in [5.41, 5.74) is 40.3. The number of fused-ring (bicyclic) bond motifs is 12. The number of ether oxygens (including phenoxy) is 2. The van der Waals surface area contributed by atoms with Crippen molar-refractivity contribution in [1.29, 1.82) is 0 Å². The lowest BCUT2D eigenvalue weighted by molar-refractivity contribution is 0.301. The fraction of sp³-hybridized carbons (Fsp3) is 0.0857. The number of nitrogens with zero attached hydrogens (tertiary/aromatic N) is 4. The van der Waals surface area contributed by atoms with E-state index in [4.69, 9.17) is 9.47 Å². The maximum absolute atomic E-state index is 6.27. The van der Waals surface area contributed by atoms with Crippen LogP contribution in [0.3, 0.4) is 0 Å². The Bertz CT molecular complexity index is 8490. The lowest BCUT2D eigenvalue weighted by Crippen LogP contribution is -2.27.